The first kappa shape index (κ1) is 24.3. The number of nitrogens with zero attached hydrogens (tertiary/aromatic N) is 2. The Kier molecular flexibility index (Phi) is 8.50. The third kappa shape index (κ3) is 7.32. The minimum Gasteiger partial charge on any atom is -0.726 e. The molecule has 31 heavy (non-hydrogen) atoms. The first-order valence-electron chi connectivity index (χ1n) is 9.61. The Labute approximate surface area is 185 Å². The first-order chi connectivity index (χ1) is 14.6. The fourth-order valence-electron chi connectivity index (χ4n) is 2.96. The molecule has 0 amide bonds. The van der Waals surface area contributed by atoms with E-state index in [1.54, 1.807) is 0 Å². The molecule has 0 unspecified atom stereocenters. The van der Waals surface area contributed by atoms with E-state index in [1.165, 1.54) is 33.7 Å². The van der Waals surface area contributed by atoms with Crippen molar-refractivity contribution in [2.75, 3.05) is 40.2 Å². The van der Waals surface area contributed by atoms with Crippen molar-refractivity contribution in [1.29, 1.82) is 0 Å². The van der Waals surface area contributed by atoms with Crippen LogP contribution >= 0.6 is 0 Å². The summed E-state index contributed by atoms with van der Waals surface area (Å²) in [6, 6.07) is 19.4. The van der Waals surface area contributed by atoms with E-state index < -0.39 is 10.4 Å². The molecule has 0 radical (unpaired) electrons. The van der Waals surface area contributed by atoms with Crippen LogP contribution in [-0.4, -0.2) is 58.6 Å². The average molecular weight is 441 g/mol. The highest BCUT2D eigenvalue weighted by molar-refractivity contribution is 7.80. The van der Waals surface area contributed by atoms with Gasteiger partial charge in [-0.05, 0) is 46.6 Å². The molecule has 0 aliphatic heterocycles. The van der Waals surface area contributed by atoms with Gasteiger partial charge < -0.3 is 9.45 Å². The molecule has 0 bridgehead atoms. The fourth-order valence-corrected chi connectivity index (χ4v) is 2.96. The molecule has 1 aliphatic rings. The largest absolute Gasteiger partial charge is 0.726 e. The van der Waals surface area contributed by atoms with E-state index in [0.29, 0.717) is 0 Å². The summed E-state index contributed by atoms with van der Waals surface area (Å²) in [5.41, 5.74) is 7.37. The first-order valence-corrected chi connectivity index (χ1v) is 10.9. The molecule has 0 heterocycles. The van der Waals surface area contributed by atoms with Gasteiger partial charge in [-0.25, -0.2) is 13.0 Å². The van der Waals surface area contributed by atoms with Crippen LogP contribution in [0.25, 0.3) is 5.57 Å². The third-order valence-corrected chi connectivity index (χ3v) is 5.02. The van der Waals surface area contributed by atoms with Crippen LogP contribution in [-0.2, 0) is 14.6 Å². The van der Waals surface area contributed by atoms with Crippen molar-refractivity contribution in [2.24, 2.45) is 0 Å². The summed E-state index contributed by atoms with van der Waals surface area (Å²) in [7, 11) is 4.66. The van der Waals surface area contributed by atoms with E-state index in [1.807, 2.05) is 0 Å². The lowest BCUT2D eigenvalue weighted by Gasteiger charge is -2.16. The van der Waals surface area contributed by atoms with Gasteiger partial charge in [-0.2, -0.15) is 0 Å². The Bertz CT molecular complexity index is 1090. The normalized spacial score (nSPS) is 12.8. The Balaban J connectivity index is 0.000000501. The molecule has 6 nitrogen and oxygen atoms in total. The predicted octanol–water partition coefficient (Wildman–Crippen LogP) is 3.49. The number of benzene rings is 2. The second kappa shape index (κ2) is 10.9. The number of anilines is 1. The van der Waals surface area contributed by atoms with E-state index in [2.05, 4.69) is 121 Å². The van der Waals surface area contributed by atoms with Gasteiger partial charge >= 0.3 is 0 Å². The molecule has 7 heteroatoms. The van der Waals surface area contributed by atoms with Crippen LogP contribution in [0, 0.1) is 0 Å². The van der Waals surface area contributed by atoms with E-state index in [0.717, 1.165) is 7.11 Å². The average Bonchev–Trinajstić information content (AvgIpc) is 2.75. The minimum atomic E-state index is -4.41. The lowest BCUT2D eigenvalue weighted by molar-refractivity contribution is -0.462. The van der Waals surface area contributed by atoms with Gasteiger partial charge in [0, 0.05) is 31.9 Å². The molecule has 2 aromatic rings. The lowest BCUT2D eigenvalue weighted by Crippen LogP contribution is -2.10. The Morgan fingerprint density at radius 2 is 1.35 bits per heavy atom. The van der Waals surface area contributed by atoms with Crippen molar-refractivity contribution in [2.45, 2.75) is 0 Å². The van der Waals surface area contributed by atoms with Crippen molar-refractivity contribution in [3.8, 4) is 0 Å². The van der Waals surface area contributed by atoms with E-state index >= 15 is 0 Å². The predicted molar refractivity (Wildman–Crippen MR) is 125 cm³/mol. The summed E-state index contributed by atoms with van der Waals surface area (Å²) >= 11 is 0. The second-order valence-corrected chi connectivity index (χ2v) is 8.35. The summed E-state index contributed by atoms with van der Waals surface area (Å²) < 4.78 is 33.1. The highest BCUT2D eigenvalue weighted by atomic mass is 32.3. The number of hydrogen-bond acceptors (Lipinski definition) is 5. The maximum Gasteiger partial charge on any atom is 0.217 e. The van der Waals surface area contributed by atoms with Crippen LogP contribution in [0.4, 0.5) is 5.69 Å². The molecule has 2 aromatic carbocycles. The van der Waals surface area contributed by atoms with Crippen molar-refractivity contribution in [3.05, 3.63) is 95.6 Å². The monoisotopic (exact) mass is 440 g/mol. The molecule has 0 saturated heterocycles. The SMILES string of the molecule is CN(C)c1ccc(C(=C2C=CC(=[N+](C)C)C=C2)c2ccccc2)cc1.COS(=O)(=O)[O-]. The van der Waals surface area contributed by atoms with E-state index in [4.69, 9.17) is 0 Å². The summed E-state index contributed by atoms with van der Waals surface area (Å²) in [4.78, 5) is 2.12. The van der Waals surface area contributed by atoms with Crippen molar-refractivity contribution < 1.29 is 21.7 Å². The molecule has 3 rings (SSSR count). The van der Waals surface area contributed by atoms with Crippen LogP contribution < -0.4 is 4.90 Å². The molecular formula is C24H28N2O4S. The van der Waals surface area contributed by atoms with E-state index in [-0.39, 0.29) is 0 Å². The maximum atomic E-state index is 9.22. The Morgan fingerprint density at radius 1 is 0.871 bits per heavy atom. The van der Waals surface area contributed by atoms with Crippen LogP contribution in [0.3, 0.4) is 0 Å². The quantitative estimate of drug-likeness (QED) is 0.413. The fraction of sp³-hybridized carbons (Fsp3) is 0.208. The highest BCUT2D eigenvalue weighted by Gasteiger charge is 2.13. The van der Waals surface area contributed by atoms with Crippen molar-refractivity contribution in [1.82, 2.24) is 0 Å². The molecule has 0 saturated carbocycles. The Hall–Kier alpha value is -3.00. The highest BCUT2D eigenvalue weighted by Crippen LogP contribution is 2.30. The summed E-state index contributed by atoms with van der Waals surface area (Å²) in [5, 5.41) is 0. The summed E-state index contributed by atoms with van der Waals surface area (Å²) in [6.45, 7) is 0. The number of hydrogen-bond donors (Lipinski definition) is 0. The lowest BCUT2D eigenvalue weighted by atomic mass is 9.90. The molecule has 0 N–H and O–H groups in total. The van der Waals surface area contributed by atoms with Gasteiger partial charge in [-0.15, -0.1) is 0 Å². The Morgan fingerprint density at radius 3 is 1.77 bits per heavy atom. The molecule has 164 valence electrons. The summed E-state index contributed by atoms with van der Waals surface area (Å²) in [5.74, 6) is 0. The van der Waals surface area contributed by atoms with E-state index in [9.17, 15) is 13.0 Å². The van der Waals surface area contributed by atoms with Crippen molar-refractivity contribution in [3.63, 3.8) is 0 Å². The van der Waals surface area contributed by atoms with Crippen LogP contribution in [0.2, 0.25) is 0 Å². The summed E-state index contributed by atoms with van der Waals surface area (Å²) in [6.07, 6.45) is 8.76. The number of rotatable bonds is 4. The number of allylic oxidation sites excluding steroid dienone is 5. The third-order valence-electron chi connectivity index (χ3n) is 4.61. The van der Waals surface area contributed by atoms with Crippen LogP contribution in [0.1, 0.15) is 11.1 Å². The topological polar surface area (TPSA) is 72.7 Å². The van der Waals surface area contributed by atoms with Crippen LogP contribution in [0.15, 0.2) is 84.5 Å². The molecular weight excluding hydrogens is 412 g/mol. The molecule has 0 aromatic heterocycles. The molecule has 0 fully saturated rings. The van der Waals surface area contributed by atoms with Crippen LogP contribution in [0.5, 0.6) is 0 Å². The van der Waals surface area contributed by atoms with Crippen molar-refractivity contribution >= 4 is 27.4 Å². The molecule has 0 spiro atoms. The minimum absolute atomic E-state index is 0.808. The van der Waals surface area contributed by atoms with Gasteiger partial charge in [0.05, 0.1) is 7.11 Å². The van der Waals surface area contributed by atoms with Gasteiger partial charge in [0.2, 0.25) is 10.4 Å². The van der Waals surface area contributed by atoms with Gasteiger partial charge in [-0.3, -0.25) is 4.18 Å². The molecule has 1 aliphatic carbocycles. The van der Waals surface area contributed by atoms with Gasteiger partial charge in [0.15, 0.2) is 5.71 Å². The zero-order valence-electron chi connectivity index (χ0n) is 18.4. The van der Waals surface area contributed by atoms with Gasteiger partial charge in [0.1, 0.15) is 14.1 Å². The standard InChI is InChI=1S/C23H25N2.CH4O4S/c1-24(2)21-14-10-19(11-15-21)23(18-8-6-5-7-9-18)20-12-16-22(17-13-20)25(3)4;1-5-6(2,3)4/h5-17H,1-4H3;1H3,(H,2,3,4)/q+1;/p-1. The van der Waals surface area contributed by atoms with Gasteiger partial charge in [0.25, 0.3) is 0 Å². The zero-order valence-corrected chi connectivity index (χ0v) is 19.3. The maximum absolute atomic E-state index is 9.22. The van der Waals surface area contributed by atoms with Gasteiger partial charge in [-0.1, -0.05) is 42.5 Å². The molecule has 0 atom stereocenters. The second-order valence-electron chi connectivity index (χ2n) is 7.20. The zero-order chi connectivity index (χ0) is 23.0. The smallest absolute Gasteiger partial charge is 0.217 e.